The first-order valence-electron chi connectivity index (χ1n) is 13.0. The van der Waals surface area contributed by atoms with E-state index in [9.17, 15) is 16.8 Å². The number of nitrogens with one attached hydrogen (secondary N) is 1. The lowest BCUT2D eigenvalue weighted by Crippen LogP contribution is -2.32. The summed E-state index contributed by atoms with van der Waals surface area (Å²) >= 11 is 1.64. The lowest BCUT2D eigenvalue weighted by Gasteiger charge is -2.12. The summed E-state index contributed by atoms with van der Waals surface area (Å²) in [5, 5.41) is 1.78. The number of hydrogen-bond donors (Lipinski definition) is 1. The number of sulfone groups is 1. The number of nitrogens with zero attached hydrogens (tertiary/aromatic N) is 2. The van der Waals surface area contributed by atoms with E-state index in [-0.39, 0.29) is 57.6 Å². The summed E-state index contributed by atoms with van der Waals surface area (Å²) in [7, 11) is -5.64. The van der Waals surface area contributed by atoms with E-state index in [2.05, 4.69) is 9.71 Å². The van der Waals surface area contributed by atoms with Crippen molar-refractivity contribution in [2.24, 2.45) is 0 Å². The Bertz CT molecular complexity index is 1390. The second kappa shape index (κ2) is 17.9. The second-order valence-corrected chi connectivity index (χ2v) is 16.1. The smallest absolute Gasteiger partial charge is 0.242 e. The molecule has 0 unspecified atom stereocenters. The maximum absolute atomic E-state index is 11.1. The topological polar surface area (TPSA) is 115 Å². The summed E-state index contributed by atoms with van der Waals surface area (Å²) in [4.78, 5) is 10.4. The molecule has 2 fully saturated rings. The molecule has 0 bridgehead atoms. The van der Waals surface area contributed by atoms with E-state index in [4.69, 9.17) is 9.72 Å². The van der Waals surface area contributed by atoms with Crippen LogP contribution in [0.1, 0.15) is 96.9 Å². The highest BCUT2D eigenvalue weighted by atomic mass is 32.2. The first-order chi connectivity index (χ1) is 17.8. The molecule has 2 saturated carbocycles. The Kier molecular flexibility index (Phi) is 17.9. The average Bonchev–Trinajstić information content (AvgIpc) is 3.76. The van der Waals surface area contributed by atoms with Gasteiger partial charge in [-0.25, -0.2) is 31.5 Å². The number of benzene rings is 1. The predicted octanol–water partition coefficient (Wildman–Crippen LogP) is 8.14. The van der Waals surface area contributed by atoms with Crippen LogP contribution in [0.15, 0.2) is 41.8 Å². The number of rotatable bonds is 8. The minimum absolute atomic E-state index is 0. The van der Waals surface area contributed by atoms with Crippen molar-refractivity contribution in [3.8, 4) is 16.5 Å². The van der Waals surface area contributed by atoms with Crippen LogP contribution in [0.3, 0.4) is 0 Å². The maximum atomic E-state index is 11.1. The molecule has 0 amide bonds. The summed E-state index contributed by atoms with van der Waals surface area (Å²) in [5.41, 5.74) is 2.57. The van der Waals surface area contributed by atoms with Gasteiger partial charge in [0, 0.05) is 6.04 Å². The molecule has 3 aromatic rings. The Morgan fingerprint density at radius 1 is 0.786 bits per heavy atom. The molecule has 242 valence electrons. The van der Waals surface area contributed by atoms with Crippen molar-refractivity contribution in [2.45, 2.75) is 125 Å². The van der Waals surface area contributed by atoms with Crippen LogP contribution in [-0.4, -0.2) is 54.7 Å². The van der Waals surface area contributed by atoms with E-state index in [0.29, 0.717) is 5.88 Å². The molecule has 0 atom stereocenters. The van der Waals surface area contributed by atoms with Crippen molar-refractivity contribution in [1.82, 2.24) is 14.7 Å². The van der Waals surface area contributed by atoms with Crippen LogP contribution < -0.4 is 9.46 Å². The molecule has 0 saturated heterocycles. The molecule has 5 rings (SSSR count). The quantitative estimate of drug-likeness (QED) is 0.263. The van der Waals surface area contributed by atoms with Gasteiger partial charge in [0.25, 0.3) is 0 Å². The summed E-state index contributed by atoms with van der Waals surface area (Å²) in [6, 6.07) is 11.9. The minimum Gasteiger partial charge on any atom is -0.473 e. The number of sulfonamides is 1. The Hall–Kier alpha value is -2.08. The van der Waals surface area contributed by atoms with Crippen LogP contribution in [0.2, 0.25) is 0 Å². The van der Waals surface area contributed by atoms with Gasteiger partial charge in [0.15, 0.2) is 9.84 Å². The zero-order chi connectivity index (χ0) is 28.1. The highest BCUT2D eigenvalue weighted by Gasteiger charge is 2.37. The summed E-state index contributed by atoms with van der Waals surface area (Å²) in [6.45, 7) is 11.1. The van der Waals surface area contributed by atoms with Gasteiger partial charge in [0.1, 0.15) is 5.69 Å². The molecular weight excluding hydrogens is 591 g/mol. The third-order valence-electron chi connectivity index (χ3n) is 5.65. The predicted molar refractivity (Wildman–Crippen MR) is 183 cm³/mol. The lowest BCUT2D eigenvalue weighted by molar-refractivity contribution is 0.234. The number of fused-ring (bicyclic) bond motifs is 1. The molecule has 42 heavy (non-hydrogen) atoms. The highest BCUT2D eigenvalue weighted by molar-refractivity contribution is 7.92. The first kappa shape index (κ1) is 42.1. The molecule has 8 nitrogen and oxygen atoms in total. The second-order valence-electron chi connectivity index (χ2n) is 10.4. The molecule has 0 aliphatic heterocycles. The number of thiophene rings is 1. The Morgan fingerprint density at radius 3 is 1.69 bits per heavy atom. The van der Waals surface area contributed by atoms with Gasteiger partial charge in [-0.3, -0.25) is 0 Å². The van der Waals surface area contributed by atoms with Crippen LogP contribution in [0.5, 0.6) is 5.88 Å². The van der Waals surface area contributed by atoms with E-state index < -0.39 is 19.9 Å². The van der Waals surface area contributed by atoms with Crippen LogP contribution in [0, 0.1) is 0 Å². The Balaban J connectivity index is 0. The van der Waals surface area contributed by atoms with E-state index >= 15 is 0 Å². The fourth-order valence-electron chi connectivity index (χ4n) is 3.45. The van der Waals surface area contributed by atoms with Crippen molar-refractivity contribution in [3.63, 3.8) is 0 Å². The molecule has 0 radical (unpaired) electrons. The summed E-state index contributed by atoms with van der Waals surface area (Å²) in [6.07, 6.45) is 3.53. The molecule has 1 aromatic carbocycles. The van der Waals surface area contributed by atoms with Gasteiger partial charge >= 0.3 is 0 Å². The maximum Gasteiger partial charge on any atom is 0.242 e. The fourth-order valence-corrected chi connectivity index (χ4v) is 7.32. The van der Waals surface area contributed by atoms with Gasteiger partial charge in [0.2, 0.25) is 15.9 Å². The van der Waals surface area contributed by atoms with E-state index in [1.807, 2.05) is 69.5 Å². The van der Waals surface area contributed by atoms with E-state index in [1.165, 1.54) is 0 Å². The SMILES string of the molecule is C.C.C.C.CC(C)NS(=O)(=O)C1CC1.CC(C)Oc1nc2ccccc2nc1-c1cccs1.CC(C)S(=O)(=O)C1CC1. The molecule has 1 N–H and O–H groups in total. The minimum atomic E-state index is -2.94. The zero-order valence-electron chi connectivity index (χ0n) is 22.9. The summed E-state index contributed by atoms with van der Waals surface area (Å²) in [5.74, 6) is 0.608. The molecule has 11 heteroatoms. The number of ether oxygens (including phenoxy) is 1. The standard InChI is InChI=1S/C15H14N2OS.C6H13NO2S.C6H12O2S.4CH4/c1-10(2)18-15-14(13-8-5-9-19-13)16-11-6-3-4-7-12(11)17-15;1-5(2)7-10(8,9)6-3-4-6;1-5(2)9(7,8)6-3-4-6;;;;/h3-10H,1-2H3;5-7H,3-4H2,1-2H3;5-6H,3-4H2,1-2H3;4*1H4. The number of aromatic nitrogens is 2. The van der Waals surface area contributed by atoms with Gasteiger partial charge in [-0.2, -0.15) is 0 Å². The van der Waals surface area contributed by atoms with Crippen molar-refractivity contribution >= 4 is 42.2 Å². The molecule has 2 aromatic heterocycles. The van der Waals surface area contributed by atoms with Crippen LogP contribution >= 0.6 is 11.3 Å². The van der Waals surface area contributed by atoms with Crippen LogP contribution in [0.25, 0.3) is 21.6 Å². The lowest BCUT2D eigenvalue weighted by atomic mass is 10.2. The van der Waals surface area contributed by atoms with Crippen molar-refractivity contribution in [2.75, 3.05) is 0 Å². The number of para-hydroxylation sites is 2. The highest BCUT2D eigenvalue weighted by Crippen LogP contribution is 2.32. The van der Waals surface area contributed by atoms with Crippen molar-refractivity contribution in [3.05, 3.63) is 41.8 Å². The molecule has 2 aliphatic carbocycles. The summed E-state index contributed by atoms with van der Waals surface area (Å²) < 4.78 is 52.7. The Morgan fingerprint density at radius 2 is 1.31 bits per heavy atom. The van der Waals surface area contributed by atoms with Gasteiger partial charge in [-0.15, -0.1) is 11.3 Å². The van der Waals surface area contributed by atoms with Gasteiger partial charge < -0.3 is 4.74 Å². The van der Waals surface area contributed by atoms with E-state index in [1.54, 1.807) is 25.2 Å². The van der Waals surface area contributed by atoms with Gasteiger partial charge in [-0.1, -0.05) is 47.9 Å². The average molecular weight is 646 g/mol. The molecule has 2 aliphatic rings. The number of hydrogen-bond acceptors (Lipinski definition) is 8. The third kappa shape index (κ3) is 12.3. The van der Waals surface area contributed by atoms with Gasteiger partial charge in [-0.05, 0) is 90.8 Å². The monoisotopic (exact) mass is 645 g/mol. The third-order valence-corrected chi connectivity index (χ3v) is 11.4. The zero-order valence-corrected chi connectivity index (χ0v) is 25.4. The fraction of sp³-hybridized carbons (Fsp3) is 0.613. The Labute approximate surface area is 260 Å². The van der Waals surface area contributed by atoms with Crippen molar-refractivity contribution < 1.29 is 21.6 Å². The van der Waals surface area contributed by atoms with Crippen LogP contribution in [-0.2, 0) is 19.9 Å². The largest absolute Gasteiger partial charge is 0.473 e. The molecule has 2 heterocycles. The normalized spacial score (nSPS) is 14.2. The van der Waals surface area contributed by atoms with Crippen LogP contribution in [0.4, 0.5) is 0 Å². The molecule has 0 spiro atoms. The van der Waals surface area contributed by atoms with Crippen molar-refractivity contribution in [1.29, 1.82) is 0 Å². The van der Waals surface area contributed by atoms with Gasteiger partial charge in [0.05, 0.1) is 37.8 Å². The molecular formula is C31H55N3O5S3. The van der Waals surface area contributed by atoms with E-state index in [0.717, 1.165) is 47.3 Å². The first-order valence-corrected chi connectivity index (χ1v) is 17.1.